The Bertz CT molecular complexity index is 976. The highest BCUT2D eigenvalue weighted by molar-refractivity contribution is 7.80. The molecule has 178 valence electrons. The number of benzene rings is 1. The third-order valence-electron chi connectivity index (χ3n) is 8.39. The maximum Gasteiger partial charge on any atom is 0.167 e. The van der Waals surface area contributed by atoms with E-state index in [0.29, 0.717) is 12.1 Å². The number of pyridine rings is 1. The Kier molecular flexibility index (Phi) is 7.02. The predicted octanol–water partition coefficient (Wildman–Crippen LogP) is 5.20. The van der Waals surface area contributed by atoms with Crippen LogP contribution < -0.4 is 15.4 Å². The molecule has 6 rings (SSSR count). The quantitative estimate of drug-likeness (QED) is 0.571. The second kappa shape index (κ2) is 10.1. The Balaban J connectivity index is 1.47. The molecule has 2 aromatic rings. The third-order valence-corrected chi connectivity index (χ3v) is 8.63. The van der Waals surface area contributed by atoms with Gasteiger partial charge in [0.05, 0.1) is 18.7 Å². The van der Waals surface area contributed by atoms with Crippen LogP contribution in [-0.2, 0) is 0 Å². The van der Waals surface area contributed by atoms with Gasteiger partial charge in [-0.25, -0.2) is 0 Å². The first-order valence-corrected chi connectivity index (χ1v) is 13.3. The molecule has 3 unspecified atom stereocenters. The second-order valence-electron chi connectivity index (χ2n) is 10.2. The molecule has 2 bridgehead atoms. The van der Waals surface area contributed by atoms with E-state index in [1.54, 1.807) is 7.11 Å². The topological polar surface area (TPSA) is 49.4 Å². The largest absolute Gasteiger partial charge is 0.497 e. The first-order valence-electron chi connectivity index (χ1n) is 12.9. The highest BCUT2D eigenvalue weighted by atomic mass is 32.1. The SMILES string of the molecule is CCC1CN2CCC1C[C@@H]2[C@H](NC(=S)NC1CCCCC1)c1ccnc2ccc(OC)cc12. The van der Waals surface area contributed by atoms with Gasteiger partial charge in [0.1, 0.15) is 5.75 Å². The number of rotatable bonds is 6. The number of ether oxygens (including phenoxy) is 1. The summed E-state index contributed by atoms with van der Waals surface area (Å²) < 4.78 is 5.57. The molecule has 1 aromatic heterocycles. The molecule has 4 heterocycles. The number of nitrogens with one attached hydrogen (secondary N) is 2. The Morgan fingerprint density at radius 3 is 2.79 bits per heavy atom. The summed E-state index contributed by atoms with van der Waals surface area (Å²) in [6.45, 7) is 4.75. The van der Waals surface area contributed by atoms with Crippen LogP contribution in [0.4, 0.5) is 0 Å². The summed E-state index contributed by atoms with van der Waals surface area (Å²) in [5.74, 6) is 2.52. The third kappa shape index (κ3) is 4.83. The molecule has 4 aliphatic rings. The van der Waals surface area contributed by atoms with Crippen molar-refractivity contribution >= 4 is 28.2 Å². The molecule has 4 fully saturated rings. The van der Waals surface area contributed by atoms with Crippen LogP contribution in [0.15, 0.2) is 30.5 Å². The number of aromatic nitrogens is 1. The summed E-state index contributed by atoms with van der Waals surface area (Å²) in [5.41, 5.74) is 2.28. The van der Waals surface area contributed by atoms with Crippen molar-refractivity contribution in [3.63, 3.8) is 0 Å². The minimum absolute atomic E-state index is 0.131. The van der Waals surface area contributed by atoms with Crippen LogP contribution in [0, 0.1) is 11.8 Å². The molecule has 6 heteroatoms. The fourth-order valence-corrected chi connectivity index (χ4v) is 6.82. The first kappa shape index (κ1) is 22.9. The van der Waals surface area contributed by atoms with Crippen LogP contribution in [-0.4, -0.2) is 47.3 Å². The van der Waals surface area contributed by atoms with Crippen LogP contribution in [0.1, 0.15) is 69.9 Å². The zero-order valence-corrected chi connectivity index (χ0v) is 20.9. The highest BCUT2D eigenvalue weighted by Gasteiger charge is 2.43. The van der Waals surface area contributed by atoms with Gasteiger partial charge in [0.15, 0.2) is 5.11 Å². The van der Waals surface area contributed by atoms with Gasteiger partial charge in [-0.15, -0.1) is 0 Å². The monoisotopic (exact) mass is 466 g/mol. The van der Waals surface area contributed by atoms with Gasteiger partial charge >= 0.3 is 0 Å². The molecule has 5 nitrogen and oxygen atoms in total. The van der Waals surface area contributed by atoms with Gasteiger partial charge in [0, 0.05) is 30.2 Å². The van der Waals surface area contributed by atoms with Crippen molar-refractivity contribution in [3.8, 4) is 5.75 Å². The maximum absolute atomic E-state index is 5.90. The summed E-state index contributed by atoms with van der Waals surface area (Å²) in [7, 11) is 1.73. The van der Waals surface area contributed by atoms with E-state index in [-0.39, 0.29) is 6.04 Å². The number of fused-ring (bicyclic) bond motifs is 4. The van der Waals surface area contributed by atoms with Crippen molar-refractivity contribution in [1.82, 2.24) is 20.5 Å². The number of piperidine rings is 3. The van der Waals surface area contributed by atoms with Crippen molar-refractivity contribution in [3.05, 3.63) is 36.0 Å². The van der Waals surface area contributed by atoms with Crippen LogP contribution in [0.2, 0.25) is 0 Å². The summed E-state index contributed by atoms with van der Waals surface area (Å²) in [6, 6.07) is 9.45. The van der Waals surface area contributed by atoms with E-state index in [1.165, 1.54) is 70.0 Å². The number of nitrogens with zero attached hydrogens (tertiary/aromatic N) is 2. The molecule has 2 N–H and O–H groups in total. The lowest BCUT2D eigenvalue weighted by molar-refractivity contribution is -0.0134. The molecule has 0 spiro atoms. The number of hydrogen-bond acceptors (Lipinski definition) is 4. The number of hydrogen-bond donors (Lipinski definition) is 2. The van der Waals surface area contributed by atoms with E-state index in [0.717, 1.165) is 33.6 Å². The second-order valence-corrected chi connectivity index (χ2v) is 10.6. The van der Waals surface area contributed by atoms with E-state index < -0.39 is 0 Å². The van der Waals surface area contributed by atoms with E-state index in [2.05, 4.69) is 45.6 Å². The van der Waals surface area contributed by atoms with Crippen LogP contribution in [0.5, 0.6) is 5.75 Å². The fraction of sp³-hybridized carbons (Fsp3) is 0.630. The summed E-state index contributed by atoms with van der Waals surface area (Å²) >= 11 is 5.90. The molecular weight excluding hydrogens is 428 g/mol. The fourth-order valence-electron chi connectivity index (χ4n) is 6.53. The van der Waals surface area contributed by atoms with Crippen LogP contribution >= 0.6 is 12.2 Å². The standard InChI is InChI=1S/C27H38N4OS/c1-3-18-17-31-14-12-19(18)15-25(31)26(30-27(33)29-20-7-5-4-6-8-20)22-11-13-28-24-10-9-21(32-2)16-23(22)24/h9-11,13,16,18-20,25-26H,3-8,12,14-15,17H2,1-2H3,(H2,29,30,33)/t18?,19?,25-,26-/m1/s1. The van der Waals surface area contributed by atoms with E-state index >= 15 is 0 Å². The first-order chi connectivity index (χ1) is 16.2. The van der Waals surface area contributed by atoms with Gasteiger partial charge < -0.3 is 15.4 Å². The Hall–Kier alpha value is -1.92. The van der Waals surface area contributed by atoms with E-state index in [1.807, 2.05) is 12.3 Å². The molecule has 33 heavy (non-hydrogen) atoms. The van der Waals surface area contributed by atoms with Gasteiger partial charge in [-0.05, 0) is 86.1 Å². The normalized spacial score (nSPS) is 28.4. The molecule has 1 saturated carbocycles. The van der Waals surface area contributed by atoms with Crippen molar-refractivity contribution in [2.45, 2.75) is 76.4 Å². The van der Waals surface area contributed by atoms with Crippen molar-refractivity contribution < 1.29 is 4.74 Å². The zero-order valence-electron chi connectivity index (χ0n) is 20.1. The number of thiocarbonyl (C=S) groups is 1. The molecule has 3 aliphatic heterocycles. The van der Waals surface area contributed by atoms with Gasteiger partial charge in [0.25, 0.3) is 0 Å². The van der Waals surface area contributed by atoms with Gasteiger partial charge in [-0.3, -0.25) is 9.88 Å². The van der Waals surface area contributed by atoms with Crippen LogP contribution in [0.3, 0.4) is 0 Å². The van der Waals surface area contributed by atoms with E-state index in [9.17, 15) is 0 Å². The van der Waals surface area contributed by atoms with Gasteiger partial charge in [0.2, 0.25) is 0 Å². The van der Waals surface area contributed by atoms with Crippen LogP contribution in [0.25, 0.3) is 10.9 Å². The molecule has 5 atom stereocenters. The summed E-state index contributed by atoms with van der Waals surface area (Å²) in [6.07, 6.45) is 12.2. The number of methoxy groups -OCH3 is 1. The Morgan fingerprint density at radius 2 is 2.06 bits per heavy atom. The molecule has 0 amide bonds. The molecule has 1 aliphatic carbocycles. The lowest BCUT2D eigenvalue weighted by atomic mass is 9.72. The molecule has 0 radical (unpaired) electrons. The Morgan fingerprint density at radius 1 is 1.21 bits per heavy atom. The van der Waals surface area contributed by atoms with E-state index in [4.69, 9.17) is 17.0 Å². The van der Waals surface area contributed by atoms with Crippen molar-refractivity contribution in [2.75, 3.05) is 20.2 Å². The maximum atomic E-state index is 5.90. The summed E-state index contributed by atoms with van der Waals surface area (Å²) in [4.78, 5) is 7.37. The minimum Gasteiger partial charge on any atom is -0.497 e. The minimum atomic E-state index is 0.131. The average molecular weight is 467 g/mol. The zero-order chi connectivity index (χ0) is 22.8. The molecular formula is C27H38N4OS. The van der Waals surface area contributed by atoms with Crippen molar-refractivity contribution in [2.24, 2.45) is 11.8 Å². The van der Waals surface area contributed by atoms with Gasteiger partial charge in [-0.1, -0.05) is 32.6 Å². The smallest absolute Gasteiger partial charge is 0.167 e. The lowest BCUT2D eigenvalue weighted by Gasteiger charge is -2.52. The average Bonchev–Trinajstić information content (AvgIpc) is 2.87. The highest BCUT2D eigenvalue weighted by Crippen LogP contribution is 2.43. The van der Waals surface area contributed by atoms with Crippen molar-refractivity contribution in [1.29, 1.82) is 0 Å². The molecule has 3 saturated heterocycles. The predicted molar refractivity (Wildman–Crippen MR) is 139 cm³/mol. The molecule has 1 aromatic carbocycles. The van der Waals surface area contributed by atoms with Gasteiger partial charge in [-0.2, -0.15) is 0 Å². The lowest BCUT2D eigenvalue weighted by Crippen LogP contribution is -2.58. The Labute approximate surface area is 203 Å². The summed E-state index contributed by atoms with van der Waals surface area (Å²) in [5, 5.41) is 9.42.